The predicted molar refractivity (Wildman–Crippen MR) is 66.9 cm³/mol. The Hall–Kier alpha value is -1.98. The smallest absolute Gasteiger partial charge is 0.334 e. The molecule has 6 heteroatoms. The Morgan fingerprint density at radius 1 is 1.35 bits per heavy atom. The Morgan fingerprint density at radius 3 is 2.35 bits per heavy atom. The molecular weight excluding hydrogens is 268 g/mol. The zero-order valence-electron chi connectivity index (χ0n) is 11.2. The maximum absolute atomic E-state index is 14.0. The molecule has 1 aromatic carbocycles. The van der Waals surface area contributed by atoms with E-state index in [1.165, 1.54) is 18.7 Å². The van der Waals surface area contributed by atoms with Gasteiger partial charge in [-0.05, 0) is 25.8 Å². The van der Waals surface area contributed by atoms with Gasteiger partial charge in [0, 0.05) is 24.6 Å². The number of amides is 1. The summed E-state index contributed by atoms with van der Waals surface area (Å²) < 4.78 is 27.0. The van der Waals surface area contributed by atoms with Gasteiger partial charge in [0.05, 0.1) is 0 Å². The van der Waals surface area contributed by atoms with Gasteiger partial charge in [0.25, 0.3) is 0 Å². The first-order valence-electron chi connectivity index (χ1n) is 6.27. The third-order valence-corrected chi connectivity index (χ3v) is 3.61. The van der Waals surface area contributed by atoms with Gasteiger partial charge in [0.2, 0.25) is 5.91 Å². The van der Waals surface area contributed by atoms with Gasteiger partial charge in [0.15, 0.2) is 5.54 Å². The molecule has 2 rings (SSSR count). The second kappa shape index (κ2) is 4.85. The second-order valence-electron chi connectivity index (χ2n) is 5.12. The van der Waals surface area contributed by atoms with Crippen molar-refractivity contribution in [1.82, 2.24) is 4.90 Å². The van der Waals surface area contributed by atoms with Gasteiger partial charge >= 0.3 is 5.97 Å². The quantitative estimate of drug-likeness (QED) is 0.922. The highest BCUT2D eigenvalue weighted by Crippen LogP contribution is 2.39. The summed E-state index contributed by atoms with van der Waals surface area (Å²) in [4.78, 5) is 24.6. The molecule has 1 atom stereocenters. The largest absolute Gasteiger partial charge is 0.479 e. The lowest BCUT2D eigenvalue weighted by Crippen LogP contribution is -2.53. The number of nitrogens with zero attached hydrogens (tertiary/aromatic N) is 1. The summed E-state index contributed by atoms with van der Waals surface area (Å²) in [5.74, 6) is -3.55. The van der Waals surface area contributed by atoms with Crippen LogP contribution < -0.4 is 0 Å². The fourth-order valence-electron chi connectivity index (χ4n) is 2.50. The van der Waals surface area contributed by atoms with Crippen molar-refractivity contribution in [3.05, 3.63) is 35.4 Å². The number of carboxylic acid groups (broad SMARTS) is 1. The van der Waals surface area contributed by atoms with Crippen LogP contribution in [0.5, 0.6) is 0 Å². The molecule has 0 heterocycles. The second-order valence-corrected chi connectivity index (χ2v) is 5.12. The molecule has 1 aliphatic carbocycles. The number of halogens is 2. The first kappa shape index (κ1) is 14.4. The number of aliphatic carboxylic acids is 1. The maximum atomic E-state index is 14.0. The zero-order valence-corrected chi connectivity index (χ0v) is 11.2. The van der Waals surface area contributed by atoms with Crippen molar-refractivity contribution >= 4 is 11.9 Å². The van der Waals surface area contributed by atoms with Crippen LogP contribution in [0.25, 0.3) is 0 Å². The molecule has 0 spiro atoms. The lowest BCUT2D eigenvalue weighted by Gasteiger charge is -2.38. The average molecular weight is 283 g/mol. The van der Waals surface area contributed by atoms with Crippen molar-refractivity contribution in [2.24, 2.45) is 0 Å². The van der Waals surface area contributed by atoms with Gasteiger partial charge in [-0.25, -0.2) is 13.6 Å². The van der Waals surface area contributed by atoms with Crippen LogP contribution in [0.1, 0.15) is 32.3 Å². The van der Waals surface area contributed by atoms with Gasteiger partial charge in [-0.3, -0.25) is 4.79 Å². The molecular formula is C14H15F2NO3. The highest BCUT2D eigenvalue weighted by molar-refractivity contribution is 5.87. The molecule has 0 aliphatic heterocycles. The Labute approximate surface area is 115 Å². The molecule has 4 nitrogen and oxygen atoms in total. The Kier molecular flexibility index (Phi) is 3.50. The monoisotopic (exact) mass is 283 g/mol. The number of hydrogen-bond acceptors (Lipinski definition) is 2. The van der Waals surface area contributed by atoms with Crippen molar-refractivity contribution < 1.29 is 23.5 Å². The van der Waals surface area contributed by atoms with E-state index in [9.17, 15) is 23.5 Å². The summed E-state index contributed by atoms with van der Waals surface area (Å²) in [6, 6.07) is 2.49. The number of hydrogen-bond donors (Lipinski definition) is 1. The van der Waals surface area contributed by atoms with E-state index in [4.69, 9.17) is 0 Å². The third-order valence-electron chi connectivity index (χ3n) is 3.61. The highest BCUT2D eigenvalue weighted by atomic mass is 19.1. The minimum Gasteiger partial charge on any atom is -0.479 e. The van der Waals surface area contributed by atoms with E-state index >= 15 is 0 Å². The van der Waals surface area contributed by atoms with Crippen LogP contribution in [0.4, 0.5) is 8.78 Å². The van der Waals surface area contributed by atoms with Crippen molar-refractivity contribution in [3.63, 3.8) is 0 Å². The van der Waals surface area contributed by atoms with Crippen LogP contribution in [0.15, 0.2) is 18.2 Å². The molecule has 1 aromatic rings. The molecule has 0 saturated heterocycles. The predicted octanol–water partition coefficient (Wildman–Crippen LogP) is 2.28. The van der Waals surface area contributed by atoms with Crippen molar-refractivity contribution in [3.8, 4) is 0 Å². The van der Waals surface area contributed by atoms with Crippen LogP contribution in [0.2, 0.25) is 0 Å². The minimum atomic E-state index is -1.84. The number of rotatable bonds is 4. The van der Waals surface area contributed by atoms with Gasteiger partial charge in [-0.1, -0.05) is 6.07 Å². The van der Waals surface area contributed by atoms with E-state index in [1.54, 1.807) is 0 Å². The Bertz CT molecular complexity index is 572. The summed E-state index contributed by atoms with van der Waals surface area (Å²) in [5.41, 5.74) is -2.06. The van der Waals surface area contributed by atoms with Crippen molar-refractivity contribution in [2.75, 3.05) is 0 Å². The molecule has 1 fully saturated rings. The molecule has 1 saturated carbocycles. The Balaban J connectivity index is 2.58. The van der Waals surface area contributed by atoms with Crippen LogP contribution in [0, 0.1) is 11.6 Å². The molecule has 0 radical (unpaired) electrons. The molecule has 108 valence electrons. The molecule has 1 unspecified atom stereocenters. The average Bonchev–Trinajstić information content (AvgIpc) is 3.12. The van der Waals surface area contributed by atoms with Crippen LogP contribution >= 0.6 is 0 Å². The van der Waals surface area contributed by atoms with Gasteiger partial charge in [0.1, 0.15) is 11.6 Å². The summed E-state index contributed by atoms with van der Waals surface area (Å²) in [6.07, 6.45) is 1.37. The lowest BCUT2D eigenvalue weighted by molar-refractivity contribution is -0.159. The van der Waals surface area contributed by atoms with E-state index in [-0.39, 0.29) is 11.6 Å². The topological polar surface area (TPSA) is 57.6 Å². The van der Waals surface area contributed by atoms with Gasteiger partial charge in [-0.15, -0.1) is 0 Å². The summed E-state index contributed by atoms with van der Waals surface area (Å²) >= 11 is 0. The number of carbonyl (C=O) groups is 2. The van der Waals surface area contributed by atoms with Crippen molar-refractivity contribution in [1.29, 1.82) is 0 Å². The normalized spacial score (nSPS) is 17.4. The lowest BCUT2D eigenvalue weighted by atomic mass is 9.89. The summed E-state index contributed by atoms with van der Waals surface area (Å²) in [5, 5.41) is 9.52. The van der Waals surface area contributed by atoms with E-state index in [0.29, 0.717) is 18.9 Å². The first-order chi connectivity index (χ1) is 9.28. The number of carbonyl (C=O) groups excluding carboxylic acids is 1. The summed E-state index contributed by atoms with van der Waals surface area (Å²) in [6.45, 7) is 2.52. The van der Waals surface area contributed by atoms with E-state index in [1.807, 2.05) is 0 Å². The first-order valence-corrected chi connectivity index (χ1v) is 6.27. The SMILES string of the molecule is CC(=O)N(C1CC1)C(C)(C(=O)O)c1ccc(F)cc1F. The standard InChI is InChI=1S/C14H15F2NO3/c1-8(18)17(10-4-5-10)14(2,13(19)20)11-6-3-9(15)7-12(11)16/h3,6-7,10H,4-5H2,1-2H3,(H,19,20). The van der Waals surface area contributed by atoms with Gasteiger partial charge in [-0.2, -0.15) is 0 Å². The van der Waals surface area contributed by atoms with Gasteiger partial charge < -0.3 is 10.0 Å². The highest BCUT2D eigenvalue weighted by Gasteiger charge is 2.50. The fourth-order valence-corrected chi connectivity index (χ4v) is 2.50. The van der Waals surface area contributed by atoms with E-state index in [2.05, 4.69) is 0 Å². The van der Waals surface area contributed by atoms with E-state index in [0.717, 1.165) is 12.1 Å². The molecule has 0 aromatic heterocycles. The van der Waals surface area contributed by atoms with Crippen LogP contribution in [-0.4, -0.2) is 27.9 Å². The minimum absolute atomic E-state index is 0.210. The molecule has 0 bridgehead atoms. The fraction of sp³-hybridized carbons (Fsp3) is 0.429. The third kappa shape index (κ3) is 2.26. The Morgan fingerprint density at radius 2 is 1.95 bits per heavy atom. The summed E-state index contributed by atoms with van der Waals surface area (Å²) in [7, 11) is 0. The van der Waals surface area contributed by atoms with Crippen LogP contribution in [0.3, 0.4) is 0 Å². The maximum Gasteiger partial charge on any atom is 0.334 e. The molecule has 20 heavy (non-hydrogen) atoms. The number of benzene rings is 1. The number of carboxylic acids is 1. The zero-order chi connectivity index (χ0) is 15.1. The molecule has 1 aliphatic rings. The molecule has 1 amide bonds. The molecule has 1 N–H and O–H groups in total. The van der Waals surface area contributed by atoms with E-state index < -0.39 is 29.0 Å². The van der Waals surface area contributed by atoms with Crippen LogP contribution in [-0.2, 0) is 15.1 Å². The van der Waals surface area contributed by atoms with Crippen molar-refractivity contribution in [2.45, 2.75) is 38.3 Å².